The lowest BCUT2D eigenvalue weighted by Gasteiger charge is -2.26. The summed E-state index contributed by atoms with van der Waals surface area (Å²) in [6, 6.07) is 85.4. The van der Waals surface area contributed by atoms with Gasteiger partial charge in [-0.25, -0.2) is 0 Å². The van der Waals surface area contributed by atoms with Crippen LogP contribution < -0.4 is 4.90 Å². The second-order valence-electron chi connectivity index (χ2n) is 16.0. The summed E-state index contributed by atoms with van der Waals surface area (Å²) >= 11 is 0. The number of hydrogen-bond acceptors (Lipinski definition) is 2. The molecule has 0 N–H and O–H groups in total. The molecule has 2 nitrogen and oxygen atoms in total. The fraction of sp³-hybridized carbons (Fsp3) is 0. The van der Waals surface area contributed by atoms with Gasteiger partial charge in [-0.1, -0.05) is 188 Å². The summed E-state index contributed by atoms with van der Waals surface area (Å²) < 4.78 is 6.27. The Kier molecular flexibility index (Phi) is 8.53. The Balaban J connectivity index is 1.00. The molecule has 0 aliphatic rings. The van der Waals surface area contributed by atoms with Gasteiger partial charge in [-0.05, 0) is 125 Å². The molecule has 62 heavy (non-hydrogen) atoms. The van der Waals surface area contributed by atoms with Crippen molar-refractivity contribution in [3.63, 3.8) is 0 Å². The van der Waals surface area contributed by atoms with Crippen molar-refractivity contribution in [1.29, 1.82) is 0 Å². The number of para-hydroxylation sites is 1. The molecule has 0 aliphatic heterocycles. The highest BCUT2D eigenvalue weighted by Gasteiger charge is 2.20. The van der Waals surface area contributed by atoms with Crippen LogP contribution in [0.3, 0.4) is 0 Å². The first kappa shape index (κ1) is 35.7. The van der Waals surface area contributed by atoms with E-state index >= 15 is 0 Å². The third-order valence-electron chi connectivity index (χ3n) is 12.5. The van der Waals surface area contributed by atoms with Gasteiger partial charge in [-0.15, -0.1) is 0 Å². The summed E-state index contributed by atoms with van der Waals surface area (Å²) in [5.41, 5.74) is 14.6. The van der Waals surface area contributed by atoms with Crippen LogP contribution in [0.4, 0.5) is 17.1 Å². The summed E-state index contributed by atoms with van der Waals surface area (Å²) in [6.45, 7) is 0. The van der Waals surface area contributed by atoms with Crippen LogP contribution in [0.15, 0.2) is 241 Å². The van der Waals surface area contributed by atoms with Gasteiger partial charge in [0.05, 0.1) is 0 Å². The molecule has 0 amide bonds. The lowest BCUT2D eigenvalue weighted by atomic mass is 9.85. The Bertz CT molecular complexity index is 3600. The molecule has 0 fully saturated rings. The first-order chi connectivity index (χ1) is 30.8. The van der Waals surface area contributed by atoms with Gasteiger partial charge >= 0.3 is 0 Å². The second kappa shape index (κ2) is 14.8. The number of rotatable bonds is 7. The Morgan fingerprint density at radius 1 is 0.258 bits per heavy atom. The van der Waals surface area contributed by atoms with E-state index in [9.17, 15) is 0 Å². The van der Waals surface area contributed by atoms with E-state index in [4.69, 9.17) is 4.42 Å². The molecule has 0 radical (unpaired) electrons. The zero-order chi connectivity index (χ0) is 41.0. The van der Waals surface area contributed by atoms with E-state index in [1.807, 2.05) is 12.1 Å². The first-order valence-corrected chi connectivity index (χ1v) is 21.3. The van der Waals surface area contributed by atoms with E-state index < -0.39 is 0 Å². The highest BCUT2D eigenvalue weighted by atomic mass is 16.3. The molecule has 12 aromatic rings. The molecule has 1 aromatic heterocycles. The lowest BCUT2D eigenvalue weighted by molar-refractivity contribution is 0.669. The Morgan fingerprint density at radius 3 is 1.31 bits per heavy atom. The standard InChI is InChI=1S/C60H39NO/c1-2-15-43(16-3-1)58-53-21-8-6-19-51(53)52-20-7-9-22-54(52)59(58)44-32-38-47(39-33-44)61(45-34-28-41(29-35-45)49-24-12-17-40-14-4-5-18-48(40)49)46-36-30-42(31-37-46)50-25-13-27-57-60(50)55-23-10-11-26-56(55)62-57/h1-39H. The van der Waals surface area contributed by atoms with Crippen molar-refractivity contribution >= 4 is 71.3 Å². The maximum absolute atomic E-state index is 6.27. The van der Waals surface area contributed by atoms with Crippen molar-refractivity contribution in [3.05, 3.63) is 237 Å². The van der Waals surface area contributed by atoms with Crippen LogP contribution in [0, 0.1) is 0 Å². The van der Waals surface area contributed by atoms with E-state index in [0.29, 0.717) is 0 Å². The Morgan fingerprint density at radius 2 is 0.677 bits per heavy atom. The fourth-order valence-electron chi connectivity index (χ4n) is 9.64. The fourth-order valence-corrected chi connectivity index (χ4v) is 9.64. The van der Waals surface area contributed by atoms with E-state index in [1.54, 1.807) is 0 Å². The van der Waals surface area contributed by atoms with Gasteiger partial charge in [0, 0.05) is 27.8 Å². The van der Waals surface area contributed by atoms with Gasteiger partial charge in [0.25, 0.3) is 0 Å². The van der Waals surface area contributed by atoms with Crippen LogP contribution >= 0.6 is 0 Å². The van der Waals surface area contributed by atoms with Gasteiger partial charge in [-0.3, -0.25) is 0 Å². The van der Waals surface area contributed by atoms with Crippen molar-refractivity contribution in [2.24, 2.45) is 0 Å². The van der Waals surface area contributed by atoms with E-state index in [2.05, 4.69) is 229 Å². The molecule has 0 unspecified atom stereocenters. The molecule has 0 saturated carbocycles. The molecule has 290 valence electrons. The highest BCUT2D eigenvalue weighted by molar-refractivity contribution is 6.21. The minimum Gasteiger partial charge on any atom is -0.456 e. The quantitative estimate of drug-likeness (QED) is 0.150. The van der Waals surface area contributed by atoms with E-state index in [0.717, 1.165) is 50.1 Å². The molecule has 1 heterocycles. The smallest absolute Gasteiger partial charge is 0.136 e. The second-order valence-corrected chi connectivity index (χ2v) is 16.0. The predicted molar refractivity (Wildman–Crippen MR) is 263 cm³/mol. The average Bonchev–Trinajstić information content (AvgIpc) is 3.74. The zero-order valence-corrected chi connectivity index (χ0v) is 33.9. The molecule has 0 bridgehead atoms. The molecule has 0 aliphatic carbocycles. The number of anilines is 3. The van der Waals surface area contributed by atoms with Crippen LogP contribution in [0.1, 0.15) is 0 Å². The van der Waals surface area contributed by atoms with Crippen LogP contribution in [-0.4, -0.2) is 0 Å². The van der Waals surface area contributed by atoms with Gasteiger partial charge in [0.15, 0.2) is 0 Å². The predicted octanol–water partition coefficient (Wildman–Crippen LogP) is 17.2. The molecule has 0 atom stereocenters. The third kappa shape index (κ3) is 5.96. The number of fused-ring (bicyclic) bond motifs is 7. The minimum atomic E-state index is 0.899. The van der Waals surface area contributed by atoms with Crippen molar-refractivity contribution in [2.75, 3.05) is 4.90 Å². The van der Waals surface area contributed by atoms with E-state index in [1.165, 1.54) is 65.7 Å². The van der Waals surface area contributed by atoms with Gasteiger partial charge in [0.2, 0.25) is 0 Å². The maximum Gasteiger partial charge on any atom is 0.136 e. The zero-order valence-electron chi connectivity index (χ0n) is 33.9. The van der Waals surface area contributed by atoms with Crippen LogP contribution in [0.2, 0.25) is 0 Å². The number of nitrogens with zero attached hydrogens (tertiary/aromatic N) is 1. The molecular weight excluding hydrogens is 751 g/mol. The monoisotopic (exact) mass is 789 g/mol. The molecular formula is C60H39NO. The summed E-state index contributed by atoms with van der Waals surface area (Å²) in [7, 11) is 0. The summed E-state index contributed by atoms with van der Waals surface area (Å²) in [5, 5.41) is 9.79. The normalized spacial score (nSPS) is 11.5. The molecule has 2 heteroatoms. The molecule has 0 spiro atoms. The third-order valence-corrected chi connectivity index (χ3v) is 12.5. The van der Waals surface area contributed by atoms with E-state index in [-0.39, 0.29) is 0 Å². The number of hydrogen-bond donors (Lipinski definition) is 0. The van der Waals surface area contributed by atoms with Crippen molar-refractivity contribution in [3.8, 4) is 44.5 Å². The first-order valence-electron chi connectivity index (χ1n) is 21.3. The Hall–Kier alpha value is -8.20. The van der Waals surface area contributed by atoms with Crippen molar-refractivity contribution in [2.45, 2.75) is 0 Å². The van der Waals surface area contributed by atoms with Crippen LogP contribution in [0.5, 0.6) is 0 Å². The number of benzene rings is 11. The average molecular weight is 790 g/mol. The Labute approximate surface area is 360 Å². The SMILES string of the molecule is c1ccc(-c2c(-c3ccc(N(c4ccc(-c5cccc6ccccc56)cc4)c4ccc(-c5cccc6oc7ccccc7c56)cc4)cc3)c3ccccc3c3ccccc23)cc1. The topological polar surface area (TPSA) is 16.4 Å². The van der Waals surface area contributed by atoms with Gasteiger partial charge < -0.3 is 9.32 Å². The lowest BCUT2D eigenvalue weighted by Crippen LogP contribution is -2.09. The minimum absolute atomic E-state index is 0.899. The molecule has 0 saturated heterocycles. The summed E-state index contributed by atoms with van der Waals surface area (Å²) in [6.07, 6.45) is 0. The van der Waals surface area contributed by atoms with Gasteiger partial charge in [0.1, 0.15) is 11.2 Å². The molecule has 11 aromatic carbocycles. The highest BCUT2D eigenvalue weighted by Crippen LogP contribution is 2.46. The largest absolute Gasteiger partial charge is 0.456 e. The summed E-state index contributed by atoms with van der Waals surface area (Å²) in [4.78, 5) is 2.37. The van der Waals surface area contributed by atoms with Crippen molar-refractivity contribution in [1.82, 2.24) is 0 Å². The maximum atomic E-state index is 6.27. The number of furan rings is 1. The van der Waals surface area contributed by atoms with Crippen molar-refractivity contribution < 1.29 is 4.42 Å². The summed E-state index contributed by atoms with van der Waals surface area (Å²) in [5.74, 6) is 0. The van der Waals surface area contributed by atoms with Crippen LogP contribution in [0.25, 0.3) is 98.8 Å². The molecule has 12 rings (SSSR count). The van der Waals surface area contributed by atoms with Gasteiger partial charge in [-0.2, -0.15) is 0 Å². The van der Waals surface area contributed by atoms with Crippen LogP contribution in [-0.2, 0) is 0 Å².